The zero-order chi connectivity index (χ0) is 12.1. The van der Waals surface area contributed by atoms with Crippen LogP contribution in [0.1, 0.15) is 30.3 Å². The van der Waals surface area contributed by atoms with Crippen LogP contribution >= 0.6 is 11.3 Å². The first-order valence-corrected chi connectivity index (χ1v) is 7.18. The molecule has 0 radical (unpaired) electrons. The molecule has 0 unspecified atom stereocenters. The number of hydrogen-bond donors (Lipinski definition) is 1. The molecule has 0 amide bonds. The van der Waals surface area contributed by atoms with E-state index < -0.39 is 10.0 Å². The van der Waals surface area contributed by atoms with Gasteiger partial charge in [-0.1, -0.05) is 13.8 Å². The number of rotatable bonds is 2. The second-order valence-corrected chi connectivity index (χ2v) is 6.51. The van der Waals surface area contributed by atoms with Crippen LogP contribution in [0.5, 0.6) is 0 Å². The topological polar surface area (TPSA) is 77.5 Å². The van der Waals surface area contributed by atoms with Gasteiger partial charge in [-0.2, -0.15) is 0 Å². The summed E-state index contributed by atoms with van der Waals surface area (Å²) >= 11 is 1.49. The Kier molecular flexibility index (Phi) is 2.56. The summed E-state index contributed by atoms with van der Waals surface area (Å²) in [5, 5.41) is 5.26. The summed E-state index contributed by atoms with van der Waals surface area (Å²) in [6.45, 7) is 5.75. The maximum Gasteiger partial charge on any atom is 0.255 e. The quantitative estimate of drug-likeness (QED) is 0.887. The second kappa shape index (κ2) is 3.54. The third-order valence-electron chi connectivity index (χ3n) is 2.30. The predicted octanol–water partition coefficient (Wildman–Crippen LogP) is 1.48. The highest BCUT2D eigenvalue weighted by atomic mass is 32.2. The van der Waals surface area contributed by atoms with Gasteiger partial charge in [0.2, 0.25) is 0 Å². The van der Waals surface area contributed by atoms with Crippen LogP contribution in [0, 0.1) is 6.92 Å². The maximum atomic E-state index is 11.4. The van der Waals surface area contributed by atoms with Crippen LogP contribution in [-0.4, -0.2) is 17.8 Å². The largest absolute Gasteiger partial charge is 0.279 e. The van der Waals surface area contributed by atoms with E-state index in [9.17, 15) is 8.42 Å². The van der Waals surface area contributed by atoms with Crippen molar-refractivity contribution in [3.05, 3.63) is 16.8 Å². The van der Waals surface area contributed by atoms with Crippen molar-refractivity contribution in [2.24, 2.45) is 5.14 Å². The number of thiazole rings is 1. The molecule has 0 aliphatic heterocycles. The van der Waals surface area contributed by atoms with E-state index in [-0.39, 0.29) is 5.03 Å². The predicted molar refractivity (Wildman–Crippen MR) is 63.3 cm³/mol. The van der Waals surface area contributed by atoms with Crippen LogP contribution in [0.4, 0.5) is 0 Å². The molecule has 88 valence electrons. The van der Waals surface area contributed by atoms with E-state index in [0.29, 0.717) is 16.6 Å². The van der Waals surface area contributed by atoms with Gasteiger partial charge in [0.1, 0.15) is 0 Å². The Morgan fingerprint density at radius 2 is 2.12 bits per heavy atom. The Morgan fingerprint density at radius 1 is 1.50 bits per heavy atom. The molecule has 0 saturated heterocycles. The van der Waals surface area contributed by atoms with Gasteiger partial charge in [-0.25, -0.2) is 18.5 Å². The van der Waals surface area contributed by atoms with Gasteiger partial charge in [-0.3, -0.25) is 4.40 Å². The van der Waals surface area contributed by atoms with Crippen LogP contribution in [0.2, 0.25) is 0 Å². The van der Waals surface area contributed by atoms with Gasteiger partial charge >= 0.3 is 0 Å². The fourth-order valence-electron chi connectivity index (χ4n) is 1.56. The summed E-state index contributed by atoms with van der Waals surface area (Å²) < 4.78 is 24.4. The van der Waals surface area contributed by atoms with E-state index >= 15 is 0 Å². The van der Waals surface area contributed by atoms with Crippen LogP contribution in [0.3, 0.4) is 0 Å². The normalized spacial score (nSPS) is 12.8. The number of aromatic nitrogens is 2. The lowest BCUT2D eigenvalue weighted by atomic mass is 10.2. The lowest BCUT2D eigenvalue weighted by molar-refractivity contribution is 0.592. The molecule has 0 bridgehead atoms. The van der Waals surface area contributed by atoms with E-state index in [1.54, 1.807) is 17.5 Å². The van der Waals surface area contributed by atoms with Gasteiger partial charge in [0, 0.05) is 11.1 Å². The fraction of sp³-hybridized carbons (Fsp3) is 0.444. The number of sulfonamides is 1. The highest BCUT2D eigenvalue weighted by molar-refractivity contribution is 7.89. The number of hydrogen-bond acceptors (Lipinski definition) is 4. The summed E-state index contributed by atoms with van der Waals surface area (Å²) in [7, 11) is -3.72. The third kappa shape index (κ3) is 1.74. The Morgan fingerprint density at radius 3 is 2.62 bits per heavy atom. The summed E-state index contributed by atoms with van der Waals surface area (Å²) in [4.78, 5) is 5.97. The molecule has 0 saturated carbocycles. The molecule has 0 aromatic carbocycles. The molecule has 0 atom stereocenters. The fourth-order valence-corrected chi connectivity index (χ4v) is 3.52. The number of imidazole rings is 1. The smallest absolute Gasteiger partial charge is 0.255 e. The zero-order valence-electron chi connectivity index (χ0n) is 9.26. The monoisotopic (exact) mass is 259 g/mol. The number of nitrogens with two attached hydrogens (primary N) is 1. The second-order valence-electron chi connectivity index (χ2n) is 3.99. The van der Waals surface area contributed by atoms with Gasteiger partial charge in [-0.05, 0) is 12.8 Å². The highest BCUT2D eigenvalue weighted by Gasteiger charge is 2.21. The van der Waals surface area contributed by atoms with Crippen LogP contribution in [0.15, 0.2) is 11.2 Å². The first kappa shape index (κ1) is 11.6. The molecular formula is C9H13N3O2S2. The summed E-state index contributed by atoms with van der Waals surface area (Å²) in [6.07, 6.45) is 1.80. The van der Waals surface area contributed by atoms with E-state index in [4.69, 9.17) is 5.14 Å². The van der Waals surface area contributed by atoms with Gasteiger partial charge in [0.15, 0.2) is 9.99 Å². The zero-order valence-corrected chi connectivity index (χ0v) is 10.9. The molecule has 2 rings (SSSR count). The van der Waals surface area contributed by atoms with Crippen molar-refractivity contribution in [3.8, 4) is 0 Å². The molecule has 7 heteroatoms. The summed E-state index contributed by atoms with van der Waals surface area (Å²) in [5.41, 5.74) is 0.448. The average Bonchev–Trinajstić information content (AvgIpc) is 2.56. The molecule has 2 N–H and O–H groups in total. The van der Waals surface area contributed by atoms with Gasteiger partial charge in [0.25, 0.3) is 10.0 Å². The van der Waals surface area contributed by atoms with Crippen molar-refractivity contribution in [3.63, 3.8) is 0 Å². The standard InChI is InChI=1S/C9H13N3O2S2/c1-5(2)7-4-12-8(16(10,13)14)6(3)11-9(12)15-7/h4-5H,1-3H3,(H2,10,13,14). The van der Waals surface area contributed by atoms with E-state index in [1.165, 1.54) is 11.3 Å². The molecule has 0 spiro atoms. The molecule has 16 heavy (non-hydrogen) atoms. The Labute approximate surface area is 98.0 Å². The number of fused-ring (bicyclic) bond motifs is 1. The molecule has 5 nitrogen and oxygen atoms in total. The molecule has 0 aliphatic carbocycles. The van der Waals surface area contributed by atoms with Crippen molar-refractivity contribution >= 4 is 26.3 Å². The Balaban J connectivity index is 2.78. The van der Waals surface area contributed by atoms with Gasteiger partial charge in [0.05, 0.1) is 5.69 Å². The minimum Gasteiger partial charge on any atom is -0.279 e. The van der Waals surface area contributed by atoms with Gasteiger partial charge in [-0.15, -0.1) is 11.3 Å². The molecular weight excluding hydrogens is 246 g/mol. The first-order valence-electron chi connectivity index (χ1n) is 4.82. The summed E-state index contributed by atoms with van der Waals surface area (Å²) in [6, 6.07) is 0. The molecule has 2 heterocycles. The summed E-state index contributed by atoms with van der Waals surface area (Å²) in [5.74, 6) is 0.348. The van der Waals surface area contributed by atoms with Crippen molar-refractivity contribution in [2.45, 2.75) is 31.7 Å². The lowest BCUT2D eigenvalue weighted by Gasteiger charge is -1.99. The molecule has 2 aromatic rings. The number of primary sulfonamides is 1. The third-order valence-corrected chi connectivity index (χ3v) is 4.62. The SMILES string of the molecule is Cc1nc2sc(C(C)C)cn2c1S(N)(=O)=O. The molecule has 0 fully saturated rings. The maximum absolute atomic E-state index is 11.4. The number of nitrogens with zero attached hydrogens (tertiary/aromatic N) is 2. The highest BCUT2D eigenvalue weighted by Crippen LogP contribution is 2.28. The first-order chi connectivity index (χ1) is 7.30. The average molecular weight is 259 g/mol. The van der Waals surface area contributed by atoms with E-state index in [0.717, 1.165) is 4.88 Å². The molecule has 2 aromatic heterocycles. The Hall–Kier alpha value is -0.920. The van der Waals surface area contributed by atoms with Crippen LogP contribution < -0.4 is 5.14 Å². The van der Waals surface area contributed by atoms with Crippen molar-refractivity contribution in [1.29, 1.82) is 0 Å². The molecule has 0 aliphatic rings. The Bertz CT molecular complexity index is 637. The minimum absolute atomic E-state index is 0.0886. The van der Waals surface area contributed by atoms with Crippen molar-refractivity contribution in [1.82, 2.24) is 9.38 Å². The van der Waals surface area contributed by atoms with E-state index in [2.05, 4.69) is 18.8 Å². The van der Waals surface area contributed by atoms with Crippen molar-refractivity contribution < 1.29 is 8.42 Å². The lowest BCUT2D eigenvalue weighted by Crippen LogP contribution is -2.15. The van der Waals surface area contributed by atoms with Crippen molar-refractivity contribution in [2.75, 3.05) is 0 Å². The van der Waals surface area contributed by atoms with Gasteiger partial charge < -0.3 is 0 Å². The van der Waals surface area contributed by atoms with Crippen LogP contribution in [0.25, 0.3) is 4.96 Å². The van der Waals surface area contributed by atoms with E-state index in [1.807, 2.05) is 0 Å². The van der Waals surface area contributed by atoms with Crippen LogP contribution in [-0.2, 0) is 10.0 Å². The number of aryl methyl sites for hydroxylation is 1. The minimum atomic E-state index is -3.72.